The van der Waals surface area contributed by atoms with Gasteiger partial charge in [-0.2, -0.15) is 0 Å². The minimum absolute atomic E-state index is 0.0330. The van der Waals surface area contributed by atoms with Gasteiger partial charge in [-0.05, 0) is 36.1 Å². The predicted octanol–water partition coefficient (Wildman–Crippen LogP) is 0.544. The van der Waals surface area contributed by atoms with E-state index in [1.54, 1.807) is 0 Å². The third-order valence-corrected chi connectivity index (χ3v) is 3.63. The summed E-state index contributed by atoms with van der Waals surface area (Å²) in [6.07, 6.45) is 1.75. The molecule has 1 heterocycles. The highest BCUT2D eigenvalue weighted by Crippen LogP contribution is 2.34. The van der Waals surface area contributed by atoms with Crippen LogP contribution in [0.25, 0.3) is 0 Å². The van der Waals surface area contributed by atoms with Gasteiger partial charge in [-0.25, -0.2) is 0 Å². The second-order valence-electron chi connectivity index (χ2n) is 4.98. The molecular formula is C13H16N2O2. The Kier molecular flexibility index (Phi) is 2.42. The van der Waals surface area contributed by atoms with E-state index < -0.39 is 0 Å². The van der Waals surface area contributed by atoms with Crippen molar-refractivity contribution in [1.29, 1.82) is 0 Å². The normalized spacial score (nSPS) is 19.8. The van der Waals surface area contributed by atoms with Crippen LogP contribution in [-0.2, 0) is 13.1 Å². The molecule has 0 unspecified atom stereocenters. The Balaban J connectivity index is 1.78. The smallest absolute Gasteiger partial charge is 0.251 e. The second kappa shape index (κ2) is 3.82. The van der Waals surface area contributed by atoms with Crippen molar-refractivity contribution in [3.8, 4) is 0 Å². The number of benzene rings is 1. The maximum Gasteiger partial charge on any atom is 0.251 e. The van der Waals surface area contributed by atoms with Crippen LogP contribution in [0.5, 0.6) is 0 Å². The Morgan fingerprint density at radius 3 is 2.82 bits per heavy atom. The quantitative estimate of drug-likeness (QED) is 0.713. The summed E-state index contributed by atoms with van der Waals surface area (Å²) in [6, 6.07) is 5.80. The molecule has 3 rings (SSSR count). The van der Waals surface area contributed by atoms with Crippen molar-refractivity contribution in [2.45, 2.75) is 31.5 Å². The topological polar surface area (TPSA) is 61.4 Å². The lowest BCUT2D eigenvalue weighted by molar-refractivity contribution is 0.0906. The molecule has 2 aliphatic rings. The fourth-order valence-corrected chi connectivity index (χ4v) is 2.22. The first-order valence-corrected chi connectivity index (χ1v) is 5.98. The van der Waals surface area contributed by atoms with Gasteiger partial charge in [-0.15, -0.1) is 0 Å². The molecule has 0 radical (unpaired) electrons. The number of fused-ring (bicyclic) bond motifs is 1. The fourth-order valence-electron chi connectivity index (χ4n) is 2.22. The molecule has 1 aliphatic carbocycles. The molecule has 0 saturated heterocycles. The number of aliphatic hydroxyl groups is 1. The third kappa shape index (κ3) is 1.94. The van der Waals surface area contributed by atoms with E-state index in [9.17, 15) is 9.90 Å². The summed E-state index contributed by atoms with van der Waals surface area (Å²) in [7, 11) is 0. The van der Waals surface area contributed by atoms with Gasteiger partial charge in [-0.3, -0.25) is 4.79 Å². The average molecular weight is 232 g/mol. The van der Waals surface area contributed by atoms with Gasteiger partial charge in [0.15, 0.2) is 0 Å². The monoisotopic (exact) mass is 232 g/mol. The summed E-state index contributed by atoms with van der Waals surface area (Å²) in [6.45, 7) is 1.75. The number of carbonyl (C=O) groups is 1. The zero-order valence-corrected chi connectivity index (χ0v) is 9.62. The van der Waals surface area contributed by atoms with Crippen LogP contribution in [0, 0.1) is 0 Å². The van der Waals surface area contributed by atoms with E-state index in [1.807, 2.05) is 18.2 Å². The van der Waals surface area contributed by atoms with E-state index in [0.29, 0.717) is 5.56 Å². The highest BCUT2D eigenvalue weighted by molar-refractivity contribution is 5.95. The van der Waals surface area contributed by atoms with E-state index >= 15 is 0 Å². The second-order valence-corrected chi connectivity index (χ2v) is 4.98. The summed E-state index contributed by atoms with van der Waals surface area (Å²) in [5, 5.41) is 15.4. The van der Waals surface area contributed by atoms with Gasteiger partial charge in [0.1, 0.15) is 0 Å². The SMILES string of the molecule is O=C(NC1(CO)CC1)c1ccc2c(c1)CNC2. The predicted molar refractivity (Wildman–Crippen MR) is 63.5 cm³/mol. The van der Waals surface area contributed by atoms with Gasteiger partial charge in [0.25, 0.3) is 5.91 Å². The van der Waals surface area contributed by atoms with Gasteiger partial charge >= 0.3 is 0 Å². The standard InChI is InChI=1S/C13H16N2O2/c16-8-13(3-4-13)15-12(17)9-1-2-10-6-14-7-11(10)5-9/h1-2,5,14,16H,3-4,6-8H2,(H,15,17). The number of hydrogen-bond acceptors (Lipinski definition) is 3. The lowest BCUT2D eigenvalue weighted by atomic mass is 10.1. The minimum atomic E-state index is -0.339. The van der Waals surface area contributed by atoms with Crippen molar-refractivity contribution >= 4 is 5.91 Å². The van der Waals surface area contributed by atoms with Crippen molar-refractivity contribution in [1.82, 2.24) is 10.6 Å². The molecular weight excluding hydrogens is 216 g/mol. The molecule has 4 nitrogen and oxygen atoms in total. The number of hydrogen-bond donors (Lipinski definition) is 3. The van der Waals surface area contributed by atoms with Crippen LogP contribution >= 0.6 is 0 Å². The van der Waals surface area contributed by atoms with Crippen LogP contribution in [0.4, 0.5) is 0 Å². The largest absolute Gasteiger partial charge is 0.394 e. The Bertz CT molecular complexity index is 466. The Morgan fingerprint density at radius 1 is 1.35 bits per heavy atom. The first-order valence-electron chi connectivity index (χ1n) is 5.98. The van der Waals surface area contributed by atoms with E-state index in [0.717, 1.165) is 25.9 Å². The highest BCUT2D eigenvalue weighted by atomic mass is 16.3. The van der Waals surface area contributed by atoms with Crippen LogP contribution in [0.15, 0.2) is 18.2 Å². The van der Waals surface area contributed by atoms with Gasteiger partial charge < -0.3 is 15.7 Å². The lowest BCUT2D eigenvalue weighted by Crippen LogP contribution is -2.39. The molecule has 0 aromatic heterocycles. The van der Waals surface area contributed by atoms with Gasteiger partial charge in [-0.1, -0.05) is 6.07 Å². The van der Waals surface area contributed by atoms with Gasteiger partial charge in [0.05, 0.1) is 12.1 Å². The van der Waals surface area contributed by atoms with E-state index in [-0.39, 0.29) is 18.1 Å². The maximum absolute atomic E-state index is 12.0. The molecule has 4 heteroatoms. The first kappa shape index (κ1) is 10.7. The zero-order valence-electron chi connectivity index (χ0n) is 9.62. The summed E-state index contributed by atoms with van der Waals surface area (Å²) >= 11 is 0. The van der Waals surface area contributed by atoms with Crippen molar-refractivity contribution in [2.75, 3.05) is 6.61 Å². The zero-order chi connectivity index (χ0) is 11.9. The Hall–Kier alpha value is -1.39. The first-order chi connectivity index (χ1) is 8.22. The van der Waals surface area contributed by atoms with Crippen LogP contribution in [0.3, 0.4) is 0 Å². The highest BCUT2D eigenvalue weighted by Gasteiger charge is 2.43. The van der Waals surface area contributed by atoms with Gasteiger partial charge in [0, 0.05) is 18.7 Å². The van der Waals surface area contributed by atoms with Crippen molar-refractivity contribution in [3.63, 3.8) is 0 Å². The number of amides is 1. The molecule has 1 aromatic carbocycles. The average Bonchev–Trinajstić information content (AvgIpc) is 2.96. The van der Waals surface area contributed by atoms with Crippen LogP contribution in [-0.4, -0.2) is 23.2 Å². The summed E-state index contributed by atoms with van der Waals surface area (Å²) in [5.74, 6) is -0.0775. The van der Waals surface area contributed by atoms with E-state index in [1.165, 1.54) is 11.1 Å². The van der Waals surface area contributed by atoms with Crippen LogP contribution < -0.4 is 10.6 Å². The maximum atomic E-state index is 12.0. The summed E-state index contributed by atoms with van der Waals surface area (Å²) < 4.78 is 0. The van der Waals surface area contributed by atoms with Crippen molar-refractivity contribution < 1.29 is 9.90 Å². The summed E-state index contributed by atoms with van der Waals surface area (Å²) in [4.78, 5) is 12.0. The molecule has 90 valence electrons. The molecule has 17 heavy (non-hydrogen) atoms. The molecule has 3 N–H and O–H groups in total. The third-order valence-electron chi connectivity index (χ3n) is 3.63. The molecule has 1 amide bonds. The molecule has 0 atom stereocenters. The number of rotatable bonds is 3. The summed E-state index contributed by atoms with van der Waals surface area (Å²) in [5.41, 5.74) is 2.82. The lowest BCUT2D eigenvalue weighted by Gasteiger charge is -2.14. The minimum Gasteiger partial charge on any atom is -0.394 e. The number of aliphatic hydroxyl groups excluding tert-OH is 1. The fraction of sp³-hybridized carbons (Fsp3) is 0.462. The Morgan fingerprint density at radius 2 is 2.12 bits per heavy atom. The molecule has 0 bridgehead atoms. The molecule has 1 fully saturated rings. The Labute approximate surface area is 100 Å². The molecule has 0 spiro atoms. The van der Waals surface area contributed by atoms with Crippen molar-refractivity contribution in [2.24, 2.45) is 0 Å². The molecule has 1 aromatic rings. The number of nitrogens with one attached hydrogen (secondary N) is 2. The van der Waals surface area contributed by atoms with E-state index in [2.05, 4.69) is 10.6 Å². The van der Waals surface area contributed by atoms with Crippen molar-refractivity contribution in [3.05, 3.63) is 34.9 Å². The molecule has 1 aliphatic heterocycles. The van der Waals surface area contributed by atoms with Crippen LogP contribution in [0.1, 0.15) is 34.3 Å². The molecule has 1 saturated carbocycles. The van der Waals surface area contributed by atoms with E-state index in [4.69, 9.17) is 0 Å². The van der Waals surface area contributed by atoms with Gasteiger partial charge in [0.2, 0.25) is 0 Å². The number of carbonyl (C=O) groups excluding carboxylic acids is 1. The van der Waals surface area contributed by atoms with Crippen LogP contribution in [0.2, 0.25) is 0 Å².